The highest BCUT2D eigenvalue weighted by Gasteiger charge is 2.29. The maximum absolute atomic E-state index is 13.3. The molecule has 0 radical (unpaired) electrons. The first-order valence-electron chi connectivity index (χ1n) is 9.33. The van der Waals surface area contributed by atoms with Crippen LogP contribution in [0, 0.1) is 11.7 Å². The Kier molecular flexibility index (Phi) is 8.99. The number of urea groups is 1. The van der Waals surface area contributed by atoms with E-state index in [0.717, 1.165) is 32.4 Å². The fraction of sp³-hybridized carbons (Fsp3) is 0.650. The van der Waals surface area contributed by atoms with Crippen LogP contribution in [0.1, 0.15) is 44.8 Å². The third kappa shape index (κ3) is 7.28. The highest BCUT2D eigenvalue weighted by molar-refractivity contribution is 5.85. The van der Waals surface area contributed by atoms with Crippen molar-refractivity contribution in [2.45, 2.75) is 44.8 Å². The summed E-state index contributed by atoms with van der Waals surface area (Å²) in [6, 6.07) is 6.18. The summed E-state index contributed by atoms with van der Waals surface area (Å²) in [6.07, 6.45) is 2.24. The third-order valence-electron chi connectivity index (χ3n) is 5.07. The van der Waals surface area contributed by atoms with Crippen molar-refractivity contribution in [2.75, 3.05) is 33.7 Å². The van der Waals surface area contributed by atoms with Gasteiger partial charge in [-0.05, 0) is 56.7 Å². The van der Waals surface area contributed by atoms with Crippen LogP contribution in [0.15, 0.2) is 24.3 Å². The van der Waals surface area contributed by atoms with Crippen molar-refractivity contribution in [1.82, 2.24) is 15.1 Å². The molecule has 1 aromatic carbocycles. The van der Waals surface area contributed by atoms with E-state index >= 15 is 0 Å². The number of aliphatic hydroxyl groups is 1. The van der Waals surface area contributed by atoms with Crippen molar-refractivity contribution >= 4 is 18.4 Å². The Bertz CT molecular complexity index is 605. The molecule has 5 nitrogen and oxygen atoms in total. The van der Waals surface area contributed by atoms with Gasteiger partial charge in [-0.25, -0.2) is 9.18 Å². The van der Waals surface area contributed by atoms with E-state index in [1.54, 1.807) is 31.1 Å². The van der Waals surface area contributed by atoms with Gasteiger partial charge in [0.25, 0.3) is 0 Å². The summed E-state index contributed by atoms with van der Waals surface area (Å²) in [6.45, 7) is 6.23. The predicted molar refractivity (Wildman–Crippen MR) is 109 cm³/mol. The number of hydrogen-bond acceptors (Lipinski definition) is 3. The fourth-order valence-electron chi connectivity index (χ4n) is 3.61. The van der Waals surface area contributed by atoms with Gasteiger partial charge in [0.2, 0.25) is 0 Å². The average Bonchev–Trinajstić information content (AvgIpc) is 2.59. The number of piperidine rings is 1. The van der Waals surface area contributed by atoms with Crippen LogP contribution < -0.4 is 5.32 Å². The summed E-state index contributed by atoms with van der Waals surface area (Å²) >= 11 is 0. The molecule has 0 bridgehead atoms. The normalized spacial score (nSPS) is 16.6. The Morgan fingerprint density at radius 3 is 2.56 bits per heavy atom. The standard InChI is InChI=1S/C20H32FN3O2.ClH/c1-20(2,22-14-18(25)16-6-5-7-17(21)12-16)13-15-8-10-24(11-9-15)19(26)23(3)4;/h5-7,12,15,18,22,25H,8-11,13-14H2,1-4H3;1H/t18-;/m0./s1. The van der Waals surface area contributed by atoms with Crippen LogP contribution in [0.25, 0.3) is 0 Å². The van der Waals surface area contributed by atoms with E-state index in [4.69, 9.17) is 0 Å². The molecule has 0 aromatic heterocycles. The second-order valence-electron chi connectivity index (χ2n) is 8.15. The van der Waals surface area contributed by atoms with Crippen LogP contribution in [-0.2, 0) is 0 Å². The molecule has 1 heterocycles. The number of rotatable bonds is 6. The van der Waals surface area contributed by atoms with Gasteiger partial charge in [0.05, 0.1) is 6.10 Å². The first-order chi connectivity index (χ1) is 12.2. The molecule has 27 heavy (non-hydrogen) atoms. The zero-order valence-electron chi connectivity index (χ0n) is 16.7. The van der Waals surface area contributed by atoms with Crippen LogP contribution in [0.4, 0.5) is 9.18 Å². The van der Waals surface area contributed by atoms with Gasteiger partial charge in [0.1, 0.15) is 5.82 Å². The number of likely N-dealkylation sites (tertiary alicyclic amines) is 1. The highest BCUT2D eigenvalue weighted by atomic mass is 35.5. The van der Waals surface area contributed by atoms with Crippen LogP contribution >= 0.6 is 12.4 Å². The highest BCUT2D eigenvalue weighted by Crippen LogP contribution is 2.27. The minimum absolute atomic E-state index is 0. The molecule has 0 aliphatic carbocycles. The molecular formula is C20H33ClFN3O2. The van der Waals surface area contributed by atoms with Crippen molar-refractivity contribution in [2.24, 2.45) is 5.92 Å². The van der Waals surface area contributed by atoms with Gasteiger partial charge in [0, 0.05) is 39.3 Å². The minimum Gasteiger partial charge on any atom is -0.387 e. The fourth-order valence-corrected chi connectivity index (χ4v) is 3.61. The molecule has 2 N–H and O–H groups in total. The Balaban J connectivity index is 0.00000364. The summed E-state index contributed by atoms with van der Waals surface area (Å²) in [4.78, 5) is 15.5. The zero-order chi connectivity index (χ0) is 19.3. The van der Waals surface area contributed by atoms with Crippen LogP contribution in [0.3, 0.4) is 0 Å². The molecule has 2 rings (SSSR count). The molecule has 1 aliphatic rings. The maximum atomic E-state index is 13.3. The van der Waals surface area contributed by atoms with Crippen LogP contribution in [0.5, 0.6) is 0 Å². The molecule has 0 saturated carbocycles. The maximum Gasteiger partial charge on any atom is 0.319 e. The number of carbonyl (C=O) groups is 1. The van der Waals surface area contributed by atoms with E-state index in [1.165, 1.54) is 12.1 Å². The van der Waals surface area contributed by atoms with Gasteiger partial charge < -0.3 is 20.2 Å². The number of β-amino-alcohol motifs (C(OH)–C–C–N with tert-alkyl or cyclic N) is 1. The van der Waals surface area contributed by atoms with Crippen molar-refractivity contribution in [1.29, 1.82) is 0 Å². The minimum atomic E-state index is -0.732. The van der Waals surface area contributed by atoms with Gasteiger partial charge in [0.15, 0.2) is 0 Å². The Morgan fingerprint density at radius 1 is 1.37 bits per heavy atom. The Hall–Kier alpha value is -1.37. The van der Waals surface area contributed by atoms with E-state index in [2.05, 4.69) is 19.2 Å². The zero-order valence-corrected chi connectivity index (χ0v) is 17.6. The number of nitrogens with zero attached hydrogens (tertiary/aromatic N) is 2. The molecule has 1 atom stereocenters. The smallest absolute Gasteiger partial charge is 0.319 e. The van der Waals surface area contributed by atoms with Crippen molar-refractivity contribution in [3.05, 3.63) is 35.6 Å². The number of hydrogen-bond donors (Lipinski definition) is 2. The average molecular weight is 402 g/mol. The number of carbonyl (C=O) groups excluding carboxylic acids is 1. The van der Waals surface area contributed by atoms with Crippen molar-refractivity contribution < 1.29 is 14.3 Å². The molecule has 0 unspecified atom stereocenters. The van der Waals surface area contributed by atoms with E-state index in [1.807, 2.05) is 4.90 Å². The molecular weight excluding hydrogens is 369 g/mol. The number of aliphatic hydroxyl groups excluding tert-OH is 1. The van der Waals surface area contributed by atoms with E-state index in [-0.39, 0.29) is 29.8 Å². The first kappa shape index (κ1) is 23.7. The molecule has 1 fully saturated rings. The molecule has 0 spiro atoms. The Labute approximate surface area is 168 Å². The molecule has 7 heteroatoms. The van der Waals surface area contributed by atoms with Gasteiger partial charge in [-0.15, -0.1) is 12.4 Å². The predicted octanol–water partition coefficient (Wildman–Crippen LogP) is 3.43. The molecule has 1 saturated heterocycles. The van der Waals surface area contributed by atoms with Crippen LogP contribution in [-0.4, -0.2) is 60.2 Å². The second-order valence-corrected chi connectivity index (χ2v) is 8.15. The third-order valence-corrected chi connectivity index (χ3v) is 5.07. The SMILES string of the molecule is CN(C)C(=O)N1CCC(CC(C)(C)NC[C@H](O)c2cccc(F)c2)CC1.Cl. The summed E-state index contributed by atoms with van der Waals surface area (Å²) in [5.74, 6) is 0.217. The van der Waals surface area contributed by atoms with E-state index in [0.29, 0.717) is 18.0 Å². The number of benzene rings is 1. The second kappa shape index (κ2) is 10.2. The molecule has 154 valence electrons. The largest absolute Gasteiger partial charge is 0.387 e. The van der Waals surface area contributed by atoms with Gasteiger partial charge in [-0.1, -0.05) is 12.1 Å². The lowest BCUT2D eigenvalue weighted by Gasteiger charge is -2.37. The summed E-state index contributed by atoms with van der Waals surface area (Å²) < 4.78 is 13.3. The quantitative estimate of drug-likeness (QED) is 0.767. The first-order valence-corrected chi connectivity index (χ1v) is 9.33. The van der Waals surface area contributed by atoms with Crippen molar-refractivity contribution in [3.63, 3.8) is 0 Å². The van der Waals surface area contributed by atoms with E-state index < -0.39 is 6.10 Å². The summed E-state index contributed by atoms with van der Waals surface area (Å²) in [7, 11) is 3.57. The Morgan fingerprint density at radius 2 is 2.00 bits per heavy atom. The van der Waals surface area contributed by atoms with Gasteiger partial charge in [-0.3, -0.25) is 0 Å². The molecule has 2 amide bonds. The summed E-state index contributed by atoms with van der Waals surface area (Å²) in [5, 5.41) is 13.7. The molecule has 1 aliphatic heterocycles. The lowest BCUT2D eigenvalue weighted by atomic mass is 9.84. The van der Waals surface area contributed by atoms with E-state index in [9.17, 15) is 14.3 Å². The van der Waals surface area contributed by atoms with Gasteiger partial charge >= 0.3 is 6.03 Å². The van der Waals surface area contributed by atoms with Crippen molar-refractivity contribution in [3.8, 4) is 0 Å². The lowest BCUT2D eigenvalue weighted by molar-refractivity contribution is 0.129. The van der Waals surface area contributed by atoms with Gasteiger partial charge in [-0.2, -0.15) is 0 Å². The lowest BCUT2D eigenvalue weighted by Crippen LogP contribution is -2.47. The number of amides is 2. The van der Waals surface area contributed by atoms with Crippen LogP contribution in [0.2, 0.25) is 0 Å². The topological polar surface area (TPSA) is 55.8 Å². The number of nitrogens with one attached hydrogen (secondary N) is 1. The number of halogens is 2. The monoisotopic (exact) mass is 401 g/mol. The molecule has 1 aromatic rings. The summed E-state index contributed by atoms with van der Waals surface area (Å²) in [5.41, 5.74) is 0.455.